The van der Waals surface area contributed by atoms with Gasteiger partial charge in [0, 0.05) is 12.7 Å². The van der Waals surface area contributed by atoms with Gasteiger partial charge in [0.2, 0.25) is 5.91 Å². The van der Waals surface area contributed by atoms with Gasteiger partial charge in [-0.25, -0.2) is 4.68 Å². The molecule has 1 fully saturated rings. The fraction of sp³-hybridized carbons (Fsp3) is 0.304. The Labute approximate surface area is 160 Å². The summed E-state index contributed by atoms with van der Waals surface area (Å²) < 4.78 is 1.83. The second-order valence-electron chi connectivity index (χ2n) is 7.39. The summed E-state index contributed by atoms with van der Waals surface area (Å²) in [6.45, 7) is 5.10. The zero-order chi connectivity index (χ0) is 18.8. The van der Waals surface area contributed by atoms with Gasteiger partial charge in [-0.15, -0.1) is 0 Å². The molecule has 1 aliphatic heterocycles. The lowest BCUT2D eigenvalue weighted by Crippen LogP contribution is -2.31. The van der Waals surface area contributed by atoms with E-state index in [2.05, 4.69) is 37.1 Å². The SMILES string of the molecule is Cc1ccc(C2CCCN2C(=O)Cc2cnn(-c3ccccc3)c2)cc1C. The Balaban J connectivity index is 1.49. The fourth-order valence-corrected chi connectivity index (χ4v) is 3.83. The predicted molar refractivity (Wildman–Crippen MR) is 107 cm³/mol. The topological polar surface area (TPSA) is 38.1 Å². The summed E-state index contributed by atoms with van der Waals surface area (Å²) in [6, 6.07) is 16.7. The van der Waals surface area contributed by atoms with Crippen molar-refractivity contribution in [1.82, 2.24) is 14.7 Å². The van der Waals surface area contributed by atoms with E-state index in [-0.39, 0.29) is 11.9 Å². The van der Waals surface area contributed by atoms with E-state index in [1.165, 1.54) is 16.7 Å². The third kappa shape index (κ3) is 3.65. The molecule has 0 saturated carbocycles. The monoisotopic (exact) mass is 359 g/mol. The van der Waals surface area contributed by atoms with Crippen LogP contribution >= 0.6 is 0 Å². The molecule has 4 nitrogen and oxygen atoms in total. The van der Waals surface area contributed by atoms with Crippen LogP contribution in [0.2, 0.25) is 0 Å². The van der Waals surface area contributed by atoms with Crippen molar-refractivity contribution in [2.75, 3.05) is 6.54 Å². The third-order valence-electron chi connectivity index (χ3n) is 5.50. The summed E-state index contributed by atoms with van der Waals surface area (Å²) in [4.78, 5) is 15.0. The van der Waals surface area contributed by atoms with Crippen LogP contribution in [-0.2, 0) is 11.2 Å². The fourth-order valence-electron chi connectivity index (χ4n) is 3.83. The zero-order valence-electron chi connectivity index (χ0n) is 15.9. The minimum atomic E-state index is 0.184. The van der Waals surface area contributed by atoms with Crippen LogP contribution < -0.4 is 0 Å². The summed E-state index contributed by atoms with van der Waals surface area (Å²) in [5.41, 5.74) is 5.79. The Bertz CT molecular complexity index is 945. The molecule has 0 N–H and O–H groups in total. The van der Waals surface area contributed by atoms with Crippen molar-refractivity contribution in [2.24, 2.45) is 0 Å². The van der Waals surface area contributed by atoms with E-state index < -0.39 is 0 Å². The van der Waals surface area contributed by atoms with E-state index in [9.17, 15) is 4.79 Å². The highest BCUT2D eigenvalue weighted by molar-refractivity contribution is 5.79. The number of carbonyl (C=O) groups excluding carboxylic acids is 1. The van der Waals surface area contributed by atoms with Crippen LogP contribution in [0.25, 0.3) is 5.69 Å². The molecule has 27 heavy (non-hydrogen) atoms. The third-order valence-corrected chi connectivity index (χ3v) is 5.50. The minimum absolute atomic E-state index is 0.184. The lowest BCUT2D eigenvalue weighted by atomic mass is 9.99. The molecular weight excluding hydrogens is 334 g/mol. The number of para-hydroxylation sites is 1. The van der Waals surface area contributed by atoms with Gasteiger partial charge in [0.25, 0.3) is 0 Å². The first-order valence-electron chi connectivity index (χ1n) is 9.57. The molecule has 1 unspecified atom stereocenters. The Morgan fingerprint density at radius 1 is 1.11 bits per heavy atom. The largest absolute Gasteiger partial charge is 0.335 e. The van der Waals surface area contributed by atoms with E-state index in [0.29, 0.717) is 6.42 Å². The molecule has 1 aromatic heterocycles. The number of benzene rings is 2. The highest BCUT2D eigenvalue weighted by Gasteiger charge is 2.30. The van der Waals surface area contributed by atoms with Crippen molar-refractivity contribution < 1.29 is 4.79 Å². The van der Waals surface area contributed by atoms with Gasteiger partial charge in [0.05, 0.1) is 24.3 Å². The maximum Gasteiger partial charge on any atom is 0.227 e. The van der Waals surface area contributed by atoms with Gasteiger partial charge in [-0.3, -0.25) is 4.79 Å². The van der Waals surface area contributed by atoms with Crippen molar-refractivity contribution in [2.45, 2.75) is 39.2 Å². The van der Waals surface area contributed by atoms with Crippen LogP contribution in [0.4, 0.5) is 0 Å². The maximum absolute atomic E-state index is 13.0. The molecule has 0 aliphatic carbocycles. The van der Waals surface area contributed by atoms with Gasteiger partial charge in [-0.05, 0) is 61.1 Å². The van der Waals surface area contributed by atoms with E-state index in [1.807, 2.05) is 46.1 Å². The lowest BCUT2D eigenvalue weighted by molar-refractivity contribution is -0.131. The number of aryl methyl sites for hydroxylation is 2. The molecule has 0 radical (unpaired) electrons. The van der Waals surface area contributed by atoms with Crippen LogP contribution in [-0.4, -0.2) is 27.1 Å². The summed E-state index contributed by atoms with van der Waals surface area (Å²) in [6.07, 6.45) is 6.25. The number of amides is 1. The smallest absolute Gasteiger partial charge is 0.227 e. The van der Waals surface area contributed by atoms with Gasteiger partial charge in [-0.1, -0.05) is 36.4 Å². The normalized spacial score (nSPS) is 16.7. The molecule has 2 aromatic carbocycles. The number of rotatable bonds is 4. The average molecular weight is 359 g/mol. The van der Waals surface area contributed by atoms with Gasteiger partial charge in [-0.2, -0.15) is 5.10 Å². The highest BCUT2D eigenvalue weighted by atomic mass is 16.2. The number of likely N-dealkylation sites (tertiary alicyclic amines) is 1. The lowest BCUT2D eigenvalue weighted by Gasteiger charge is -2.25. The van der Waals surface area contributed by atoms with Crippen molar-refractivity contribution in [3.8, 4) is 5.69 Å². The van der Waals surface area contributed by atoms with Crippen molar-refractivity contribution in [3.05, 3.63) is 83.2 Å². The first-order valence-corrected chi connectivity index (χ1v) is 9.57. The zero-order valence-corrected chi connectivity index (χ0v) is 15.9. The Morgan fingerprint density at radius 3 is 2.70 bits per heavy atom. The van der Waals surface area contributed by atoms with Crippen LogP contribution in [0.15, 0.2) is 60.9 Å². The number of aromatic nitrogens is 2. The van der Waals surface area contributed by atoms with Crippen molar-refractivity contribution in [3.63, 3.8) is 0 Å². The first kappa shape index (κ1) is 17.5. The standard InChI is InChI=1S/C23H25N3O/c1-17-10-11-20(13-18(17)2)22-9-6-12-25(22)23(27)14-19-15-24-26(16-19)21-7-4-3-5-8-21/h3-5,7-8,10-11,13,15-16,22H,6,9,12,14H2,1-2H3. The molecule has 2 heterocycles. The second-order valence-corrected chi connectivity index (χ2v) is 7.39. The van der Waals surface area contributed by atoms with Gasteiger partial charge in [0.15, 0.2) is 0 Å². The van der Waals surface area contributed by atoms with Crippen LogP contribution in [0, 0.1) is 13.8 Å². The molecule has 0 bridgehead atoms. The first-order chi connectivity index (χ1) is 13.1. The van der Waals surface area contributed by atoms with Crippen LogP contribution in [0.3, 0.4) is 0 Å². The number of carbonyl (C=O) groups is 1. The molecule has 4 rings (SSSR count). The number of hydrogen-bond acceptors (Lipinski definition) is 2. The Hall–Kier alpha value is -2.88. The van der Waals surface area contributed by atoms with Gasteiger partial charge >= 0.3 is 0 Å². The molecule has 138 valence electrons. The second kappa shape index (κ2) is 7.39. The summed E-state index contributed by atoms with van der Waals surface area (Å²) in [5, 5.41) is 4.41. The average Bonchev–Trinajstić information content (AvgIpc) is 3.34. The molecule has 3 aromatic rings. The molecule has 1 atom stereocenters. The maximum atomic E-state index is 13.0. The number of hydrogen-bond donors (Lipinski definition) is 0. The number of nitrogens with zero attached hydrogens (tertiary/aromatic N) is 3. The van der Waals surface area contributed by atoms with Gasteiger partial charge in [0.1, 0.15) is 0 Å². The summed E-state index contributed by atoms with van der Waals surface area (Å²) in [5.74, 6) is 0.184. The highest BCUT2D eigenvalue weighted by Crippen LogP contribution is 2.33. The van der Waals surface area contributed by atoms with E-state index >= 15 is 0 Å². The van der Waals surface area contributed by atoms with Crippen LogP contribution in [0.5, 0.6) is 0 Å². The van der Waals surface area contributed by atoms with E-state index in [1.54, 1.807) is 6.20 Å². The van der Waals surface area contributed by atoms with Crippen molar-refractivity contribution in [1.29, 1.82) is 0 Å². The minimum Gasteiger partial charge on any atom is -0.335 e. The Morgan fingerprint density at radius 2 is 1.93 bits per heavy atom. The predicted octanol–water partition coefficient (Wildman–Crippen LogP) is 4.40. The molecule has 1 amide bonds. The molecule has 0 spiro atoms. The molecular formula is C23H25N3O. The van der Waals surface area contributed by atoms with Gasteiger partial charge < -0.3 is 4.90 Å². The van der Waals surface area contributed by atoms with Crippen LogP contribution in [0.1, 0.15) is 41.1 Å². The summed E-state index contributed by atoms with van der Waals surface area (Å²) in [7, 11) is 0. The quantitative estimate of drug-likeness (QED) is 0.693. The molecule has 1 saturated heterocycles. The molecule has 4 heteroatoms. The Kier molecular flexibility index (Phi) is 4.80. The van der Waals surface area contributed by atoms with E-state index in [0.717, 1.165) is 30.6 Å². The molecule has 1 aliphatic rings. The summed E-state index contributed by atoms with van der Waals surface area (Å²) >= 11 is 0. The van der Waals surface area contributed by atoms with E-state index in [4.69, 9.17) is 0 Å². The van der Waals surface area contributed by atoms with Crippen molar-refractivity contribution >= 4 is 5.91 Å².